The molecule has 1 unspecified atom stereocenters. The summed E-state index contributed by atoms with van der Waals surface area (Å²) in [5.74, 6) is -1.52. The molecule has 0 spiro atoms. The van der Waals surface area contributed by atoms with Gasteiger partial charge in [-0.25, -0.2) is 0 Å². The Morgan fingerprint density at radius 3 is 2.10 bits per heavy atom. The average molecular weight is 480 g/mol. The summed E-state index contributed by atoms with van der Waals surface area (Å²) in [5.41, 5.74) is 0.899. The van der Waals surface area contributed by atoms with Gasteiger partial charge in [-0.1, -0.05) is 123 Å². The Hall–Kier alpha value is -0.970. The third-order valence-electron chi connectivity index (χ3n) is 4.77. The molecule has 0 amide bonds. The SMILES string of the molecule is CCCCCCCCCCC(CC(=O)OCC(Cl)(Cl)Cl)C(=O)OCc1ccccc1. The van der Waals surface area contributed by atoms with Crippen molar-refractivity contribution in [3.63, 3.8) is 0 Å². The van der Waals surface area contributed by atoms with Crippen molar-refractivity contribution in [2.75, 3.05) is 6.61 Å². The number of unbranched alkanes of at least 4 members (excludes halogenated alkanes) is 7. The van der Waals surface area contributed by atoms with E-state index in [4.69, 9.17) is 44.3 Å². The van der Waals surface area contributed by atoms with E-state index in [2.05, 4.69) is 6.92 Å². The lowest BCUT2D eigenvalue weighted by atomic mass is 9.97. The minimum atomic E-state index is -1.67. The van der Waals surface area contributed by atoms with E-state index in [1.54, 1.807) is 0 Å². The molecule has 170 valence electrons. The second-order valence-corrected chi connectivity index (χ2v) is 10.0. The second kappa shape index (κ2) is 15.8. The fourth-order valence-corrected chi connectivity index (χ4v) is 3.26. The number of ether oxygens (including phenoxy) is 2. The Kier molecular flexibility index (Phi) is 14.2. The van der Waals surface area contributed by atoms with Crippen LogP contribution < -0.4 is 0 Å². The Morgan fingerprint density at radius 1 is 0.900 bits per heavy atom. The summed E-state index contributed by atoms with van der Waals surface area (Å²) >= 11 is 16.9. The third kappa shape index (κ3) is 14.1. The van der Waals surface area contributed by atoms with Crippen LogP contribution in [0.2, 0.25) is 0 Å². The number of alkyl halides is 3. The van der Waals surface area contributed by atoms with Crippen molar-refractivity contribution in [2.24, 2.45) is 5.92 Å². The smallest absolute Gasteiger partial charge is 0.309 e. The van der Waals surface area contributed by atoms with Crippen LogP contribution >= 0.6 is 34.8 Å². The predicted molar refractivity (Wildman–Crippen MR) is 123 cm³/mol. The van der Waals surface area contributed by atoms with Gasteiger partial charge in [0.25, 0.3) is 0 Å². The van der Waals surface area contributed by atoms with Crippen LogP contribution in [0.15, 0.2) is 30.3 Å². The summed E-state index contributed by atoms with van der Waals surface area (Å²) in [6.07, 6.45) is 9.76. The van der Waals surface area contributed by atoms with E-state index in [0.717, 1.165) is 24.8 Å². The number of carbonyl (C=O) groups excluding carboxylic acids is 2. The van der Waals surface area contributed by atoms with Crippen molar-refractivity contribution in [3.05, 3.63) is 35.9 Å². The first-order chi connectivity index (χ1) is 14.3. The van der Waals surface area contributed by atoms with Gasteiger partial charge in [-0.3, -0.25) is 9.59 Å². The van der Waals surface area contributed by atoms with E-state index < -0.39 is 21.6 Å². The molecule has 0 aliphatic heterocycles. The van der Waals surface area contributed by atoms with Gasteiger partial charge in [0.2, 0.25) is 3.79 Å². The van der Waals surface area contributed by atoms with Gasteiger partial charge in [0.05, 0.1) is 12.3 Å². The van der Waals surface area contributed by atoms with Crippen molar-refractivity contribution in [2.45, 2.75) is 81.5 Å². The molecular weight excluding hydrogens is 447 g/mol. The maximum atomic E-state index is 12.6. The fraction of sp³-hybridized carbons (Fsp3) is 0.652. The maximum Gasteiger partial charge on any atom is 0.309 e. The number of esters is 2. The largest absolute Gasteiger partial charge is 0.461 e. The number of hydrogen-bond acceptors (Lipinski definition) is 4. The van der Waals surface area contributed by atoms with E-state index in [9.17, 15) is 9.59 Å². The molecule has 0 radical (unpaired) electrons. The van der Waals surface area contributed by atoms with Crippen LogP contribution in [0.4, 0.5) is 0 Å². The molecule has 7 heteroatoms. The molecule has 0 aliphatic rings. The van der Waals surface area contributed by atoms with E-state index >= 15 is 0 Å². The first-order valence-corrected chi connectivity index (χ1v) is 11.9. The Bertz CT molecular complexity index is 602. The van der Waals surface area contributed by atoms with Gasteiger partial charge in [-0.05, 0) is 12.0 Å². The molecule has 0 saturated heterocycles. The number of benzene rings is 1. The lowest BCUT2D eigenvalue weighted by Crippen LogP contribution is -2.24. The highest BCUT2D eigenvalue weighted by Gasteiger charge is 2.27. The molecule has 0 aliphatic carbocycles. The van der Waals surface area contributed by atoms with Crippen molar-refractivity contribution >= 4 is 46.7 Å². The van der Waals surface area contributed by atoms with Crippen molar-refractivity contribution in [1.29, 1.82) is 0 Å². The third-order valence-corrected chi connectivity index (χ3v) is 5.10. The number of rotatable bonds is 15. The summed E-state index contributed by atoms with van der Waals surface area (Å²) in [7, 11) is 0. The van der Waals surface area contributed by atoms with Crippen molar-refractivity contribution in [3.8, 4) is 0 Å². The molecular formula is C23H33Cl3O4. The maximum absolute atomic E-state index is 12.6. The first-order valence-electron chi connectivity index (χ1n) is 10.7. The van der Waals surface area contributed by atoms with E-state index in [0.29, 0.717) is 6.42 Å². The zero-order valence-corrected chi connectivity index (χ0v) is 20.0. The highest BCUT2D eigenvalue weighted by Crippen LogP contribution is 2.26. The molecule has 1 aromatic carbocycles. The van der Waals surface area contributed by atoms with Crippen molar-refractivity contribution in [1.82, 2.24) is 0 Å². The summed E-state index contributed by atoms with van der Waals surface area (Å²) in [6, 6.07) is 9.44. The standard InChI is InChI=1S/C23H33Cl3O4/c1-2-3-4-5-6-7-8-12-15-20(16-21(27)30-18-23(24,25)26)22(28)29-17-19-13-10-9-11-14-19/h9-11,13-14,20H,2-8,12,15-18H2,1H3. The van der Waals surface area contributed by atoms with Crippen LogP contribution in [0.25, 0.3) is 0 Å². The van der Waals surface area contributed by atoms with Crippen LogP contribution in [0.3, 0.4) is 0 Å². The van der Waals surface area contributed by atoms with Gasteiger partial charge in [0, 0.05) is 0 Å². The fourth-order valence-electron chi connectivity index (χ4n) is 3.10. The second-order valence-electron chi connectivity index (χ2n) is 7.53. The zero-order valence-electron chi connectivity index (χ0n) is 17.7. The molecule has 30 heavy (non-hydrogen) atoms. The van der Waals surface area contributed by atoms with Gasteiger partial charge in [-0.2, -0.15) is 0 Å². The van der Waals surface area contributed by atoms with Gasteiger partial charge >= 0.3 is 11.9 Å². The molecule has 0 aromatic heterocycles. The predicted octanol–water partition coefficient (Wildman–Crippen LogP) is 7.18. The minimum Gasteiger partial charge on any atom is -0.461 e. The van der Waals surface area contributed by atoms with E-state index in [-0.39, 0.29) is 19.6 Å². The highest BCUT2D eigenvalue weighted by atomic mass is 35.6. The minimum absolute atomic E-state index is 0.0785. The molecule has 1 aromatic rings. The molecule has 0 fully saturated rings. The molecule has 0 bridgehead atoms. The van der Waals surface area contributed by atoms with Crippen LogP contribution in [-0.4, -0.2) is 22.3 Å². The molecule has 0 N–H and O–H groups in total. The average Bonchev–Trinajstić information content (AvgIpc) is 2.71. The molecule has 1 rings (SSSR count). The van der Waals surface area contributed by atoms with Gasteiger partial charge < -0.3 is 9.47 Å². The summed E-state index contributed by atoms with van der Waals surface area (Å²) in [5, 5.41) is 0. The summed E-state index contributed by atoms with van der Waals surface area (Å²) in [6.45, 7) is 2.03. The lowest BCUT2D eigenvalue weighted by Gasteiger charge is -2.17. The van der Waals surface area contributed by atoms with Crippen molar-refractivity contribution < 1.29 is 19.1 Å². The number of carbonyl (C=O) groups is 2. The number of halogens is 3. The first kappa shape index (κ1) is 27.1. The molecule has 0 heterocycles. The Labute approximate surface area is 195 Å². The Morgan fingerprint density at radius 2 is 1.50 bits per heavy atom. The van der Waals surface area contributed by atoms with E-state index in [1.165, 1.54) is 32.1 Å². The topological polar surface area (TPSA) is 52.6 Å². The van der Waals surface area contributed by atoms with Crippen LogP contribution in [-0.2, 0) is 25.7 Å². The van der Waals surface area contributed by atoms with Gasteiger partial charge in [-0.15, -0.1) is 0 Å². The lowest BCUT2D eigenvalue weighted by molar-refractivity contribution is -0.156. The van der Waals surface area contributed by atoms with Crippen LogP contribution in [0.5, 0.6) is 0 Å². The Balaban J connectivity index is 2.46. The summed E-state index contributed by atoms with van der Waals surface area (Å²) in [4.78, 5) is 24.7. The van der Waals surface area contributed by atoms with E-state index in [1.807, 2.05) is 30.3 Å². The zero-order chi connectivity index (χ0) is 22.2. The molecule has 1 atom stereocenters. The van der Waals surface area contributed by atoms with Gasteiger partial charge in [0.1, 0.15) is 13.2 Å². The molecule has 0 saturated carbocycles. The normalized spacial score (nSPS) is 12.4. The van der Waals surface area contributed by atoms with Crippen LogP contribution in [0.1, 0.15) is 76.7 Å². The molecule has 4 nitrogen and oxygen atoms in total. The monoisotopic (exact) mass is 478 g/mol. The van der Waals surface area contributed by atoms with Crippen LogP contribution in [0, 0.1) is 5.92 Å². The summed E-state index contributed by atoms with van der Waals surface area (Å²) < 4.78 is 8.75. The number of hydrogen-bond donors (Lipinski definition) is 0. The van der Waals surface area contributed by atoms with Gasteiger partial charge in [0.15, 0.2) is 0 Å². The highest BCUT2D eigenvalue weighted by molar-refractivity contribution is 6.67. The quantitative estimate of drug-likeness (QED) is 0.152.